The summed E-state index contributed by atoms with van der Waals surface area (Å²) in [4.78, 5) is 17.5. The van der Waals surface area contributed by atoms with E-state index in [0.717, 1.165) is 10.7 Å². The Bertz CT molecular complexity index is 653. The number of aryl methyl sites for hydroxylation is 1. The number of nitrogens with one attached hydrogen (secondary N) is 1. The van der Waals surface area contributed by atoms with E-state index in [1.165, 1.54) is 17.6 Å². The van der Waals surface area contributed by atoms with Gasteiger partial charge in [0, 0.05) is 5.92 Å². The Kier molecular flexibility index (Phi) is 4.76. The Hall–Kier alpha value is -2.13. The minimum absolute atomic E-state index is 0.277. The van der Waals surface area contributed by atoms with Gasteiger partial charge in [-0.15, -0.1) is 11.3 Å². The number of carbonyl (C=O) groups is 1. The summed E-state index contributed by atoms with van der Waals surface area (Å²) in [6.45, 7) is 6.05. The van der Waals surface area contributed by atoms with Gasteiger partial charge in [0.25, 0.3) is 5.91 Å². The molecule has 2 heterocycles. The van der Waals surface area contributed by atoms with Gasteiger partial charge in [-0.2, -0.15) is 5.26 Å². The van der Waals surface area contributed by atoms with Crippen molar-refractivity contribution >= 4 is 17.2 Å². The van der Waals surface area contributed by atoms with Gasteiger partial charge in [-0.3, -0.25) is 4.79 Å². The third-order valence-electron chi connectivity index (χ3n) is 2.98. The van der Waals surface area contributed by atoms with Crippen molar-refractivity contribution in [3.05, 3.63) is 39.7 Å². The van der Waals surface area contributed by atoms with Crippen LogP contribution in [0.5, 0.6) is 0 Å². The number of thiazole rings is 1. The lowest BCUT2D eigenvalue weighted by Gasteiger charge is -2.08. The van der Waals surface area contributed by atoms with E-state index in [0.29, 0.717) is 17.1 Å². The Labute approximate surface area is 127 Å². The molecule has 1 unspecified atom stereocenters. The van der Waals surface area contributed by atoms with Crippen LogP contribution in [-0.4, -0.2) is 10.9 Å². The van der Waals surface area contributed by atoms with E-state index in [1.807, 2.05) is 26.8 Å². The summed E-state index contributed by atoms with van der Waals surface area (Å²) in [7, 11) is 0. The molecule has 0 fully saturated rings. The van der Waals surface area contributed by atoms with Gasteiger partial charge in [0.15, 0.2) is 6.04 Å². The molecule has 6 heteroatoms. The molecule has 110 valence electrons. The molecule has 21 heavy (non-hydrogen) atoms. The molecule has 0 saturated carbocycles. The molecule has 1 atom stereocenters. The first-order valence-corrected chi connectivity index (χ1v) is 7.61. The maximum absolute atomic E-state index is 12.4. The number of hydrogen-bond donors (Lipinski definition) is 1. The van der Waals surface area contributed by atoms with Crippen LogP contribution >= 0.6 is 11.3 Å². The molecule has 2 aromatic rings. The van der Waals surface area contributed by atoms with Crippen molar-refractivity contribution in [2.45, 2.75) is 39.2 Å². The van der Waals surface area contributed by atoms with E-state index < -0.39 is 6.04 Å². The van der Waals surface area contributed by atoms with Gasteiger partial charge in [-0.05, 0) is 18.6 Å². The Morgan fingerprint density at radius 3 is 2.86 bits per heavy atom. The van der Waals surface area contributed by atoms with Crippen molar-refractivity contribution in [1.82, 2.24) is 10.3 Å². The first-order valence-electron chi connectivity index (χ1n) is 6.80. The van der Waals surface area contributed by atoms with E-state index >= 15 is 0 Å². The highest BCUT2D eigenvalue weighted by Crippen LogP contribution is 2.26. The largest absolute Gasteiger partial charge is 0.466 e. The summed E-state index contributed by atoms with van der Waals surface area (Å²) < 4.78 is 5.17. The molecule has 5 nitrogen and oxygen atoms in total. The van der Waals surface area contributed by atoms with Crippen molar-refractivity contribution in [2.24, 2.45) is 0 Å². The Morgan fingerprint density at radius 2 is 2.33 bits per heavy atom. The highest BCUT2D eigenvalue weighted by molar-refractivity contribution is 7.13. The van der Waals surface area contributed by atoms with E-state index in [4.69, 9.17) is 4.42 Å². The average molecular weight is 303 g/mol. The van der Waals surface area contributed by atoms with E-state index in [1.54, 1.807) is 12.1 Å². The van der Waals surface area contributed by atoms with Crippen molar-refractivity contribution in [3.63, 3.8) is 0 Å². The predicted molar refractivity (Wildman–Crippen MR) is 80.1 cm³/mol. The predicted octanol–water partition coefficient (Wildman–Crippen LogP) is 3.42. The normalized spacial score (nSPS) is 12.1. The molecule has 0 aliphatic heterocycles. The minimum atomic E-state index is -0.790. The summed E-state index contributed by atoms with van der Waals surface area (Å²) >= 11 is 1.39. The number of nitrogens with zero attached hydrogens (tertiary/aromatic N) is 2. The molecule has 0 aliphatic carbocycles. The van der Waals surface area contributed by atoms with Crippen LogP contribution in [-0.2, 0) is 6.42 Å². The molecule has 0 aliphatic rings. The summed E-state index contributed by atoms with van der Waals surface area (Å²) in [6.07, 6.45) is 2.16. The molecule has 0 aromatic carbocycles. The highest BCUT2D eigenvalue weighted by atomic mass is 32.1. The summed E-state index contributed by atoms with van der Waals surface area (Å²) in [6, 6.07) is 4.60. The van der Waals surface area contributed by atoms with E-state index in [9.17, 15) is 10.1 Å². The van der Waals surface area contributed by atoms with Crippen LogP contribution in [0, 0.1) is 11.3 Å². The zero-order chi connectivity index (χ0) is 15.4. The summed E-state index contributed by atoms with van der Waals surface area (Å²) in [5.41, 5.74) is 0.775. The van der Waals surface area contributed by atoms with Gasteiger partial charge in [0.1, 0.15) is 10.6 Å². The van der Waals surface area contributed by atoms with Gasteiger partial charge in [-0.25, -0.2) is 4.98 Å². The number of furan rings is 1. The van der Waals surface area contributed by atoms with Crippen LogP contribution in [0.2, 0.25) is 0 Å². The lowest BCUT2D eigenvalue weighted by atomic mass is 10.2. The first-order chi connectivity index (χ1) is 10.1. The number of aromatic nitrogens is 1. The highest BCUT2D eigenvalue weighted by Gasteiger charge is 2.22. The SMILES string of the molecule is CCc1nc(C(C)C)sc1C(=O)NC(C#N)c1ccco1. The average Bonchev–Trinajstić information content (AvgIpc) is 3.12. The van der Waals surface area contributed by atoms with Gasteiger partial charge in [-0.1, -0.05) is 20.8 Å². The standard InChI is InChI=1S/C15H17N3O2S/c1-4-10-13(21-15(18-10)9(2)3)14(19)17-11(8-16)12-6-5-7-20-12/h5-7,9,11H,4H2,1-3H3,(H,17,19). The summed E-state index contributed by atoms with van der Waals surface area (Å²) in [5.74, 6) is 0.426. The zero-order valence-electron chi connectivity index (χ0n) is 12.2. The lowest BCUT2D eigenvalue weighted by molar-refractivity contribution is 0.0944. The lowest BCUT2D eigenvalue weighted by Crippen LogP contribution is -2.27. The van der Waals surface area contributed by atoms with Gasteiger partial charge < -0.3 is 9.73 Å². The molecule has 2 aromatic heterocycles. The molecule has 1 N–H and O–H groups in total. The van der Waals surface area contributed by atoms with Crippen molar-refractivity contribution in [3.8, 4) is 6.07 Å². The van der Waals surface area contributed by atoms with Gasteiger partial charge in [0.2, 0.25) is 0 Å². The van der Waals surface area contributed by atoms with Crippen molar-refractivity contribution in [2.75, 3.05) is 0 Å². The number of rotatable bonds is 5. The molecular formula is C15H17N3O2S. The maximum Gasteiger partial charge on any atom is 0.264 e. The smallest absolute Gasteiger partial charge is 0.264 e. The van der Waals surface area contributed by atoms with Crippen LogP contribution < -0.4 is 5.32 Å². The second-order valence-electron chi connectivity index (χ2n) is 4.89. The van der Waals surface area contributed by atoms with Crippen molar-refractivity contribution < 1.29 is 9.21 Å². The Morgan fingerprint density at radius 1 is 1.57 bits per heavy atom. The quantitative estimate of drug-likeness (QED) is 0.918. The fraction of sp³-hybridized carbons (Fsp3) is 0.400. The number of amides is 1. The molecule has 0 saturated heterocycles. The van der Waals surface area contributed by atoms with Gasteiger partial charge in [0.05, 0.1) is 23.0 Å². The number of hydrogen-bond acceptors (Lipinski definition) is 5. The second-order valence-corrected chi connectivity index (χ2v) is 5.92. The molecular weight excluding hydrogens is 286 g/mol. The van der Waals surface area contributed by atoms with E-state index in [2.05, 4.69) is 10.3 Å². The topological polar surface area (TPSA) is 78.9 Å². The molecule has 0 bridgehead atoms. The van der Waals surface area contributed by atoms with Gasteiger partial charge >= 0.3 is 0 Å². The molecule has 2 rings (SSSR count). The third kappa shape index (κ3) is 3.31. The summed E-state index contributed by atoms with van der Waals surface area (Å²) in [5, 5.41) is 12.8. The van der Waals surface area contributed by atoms with Crippen LogP contribution in [0.25, 0.3) is 0 Å². The molecule has 0 radical (unpaired) electrons. The fourth-order valence-electron chi connectivity index (χ4n) is 1.85. The molecule has 0 spiro atoms. The van der Waals surface area contributed by atoms with Crippen LogP contribution in [0.3, 0.4) is 0 Å². The molecule has 1 amide bonds. The maximum atomic E-state index is 12.4. The fourth-order valence-corrected chi connectivity index (χ4v) is 2.91. The number of nitriles is 1. The zero-order valence-corrected chi connectivity index (χ0v) is 13.0. The Balaban J connectivity index is 2.22. The monoisotopic (exact) mass is 303 g/mol. The van der Waals surface area contributed by atoms with Crippen LogP contribution in [0.1, 0.15) is 58.9 Å². The second kappa shape index (κ2) is 6.55. The van der Waals surface area contributed by atoms with Crippen LogP contribution in [0.15, 0.2) is 22.8 Å². The third-order valence-corrected chi connectivity index (χ3v) is 4.38. The minimum Gasteiger partial charge on any atom is -0.466 e. The first kappa shape index (κ1) is 15.3. The number of carbonyl (C=O) groups excluding carboxylic acids is 1. The van der Waals surface area contributed by atoms with Crippen LogP contribution in [0.4, 0.5) is 0 Å². The van der Waals surface area contributed by atoms with E-state index in [-0.39, 0.29) is 11.8 Å². The van der Waals surface area contributed by atoms with Crippen molar-refractivity contribution in [1.29, 1.82) is 5.26 Å².